The molecule has 3 rings (SSSR count). The molecule has 0 unspecified atom stereocenters. The van der Waals surface area contributed by atoms with Crippen molar-refractivity contribution in [3.05, 3.63) is 54.4 Å². The number of nitrogens with one attached hydrogen (secondary N) is 2. The van der Waals surface area contributed by atoms with E-state index >= 15 is 0 Å². The zero-order valence-corrected chi connectivity index (χ0v) is 12.7. The quantitative estimate of drug-likeness (QED) is 0.611. The van der Waals surface area contributed by atoms with Crippen molar-refractivity contribution < 1.29 is 4.79 Å². The number of rotatable bonds is 6. The van der Waals surface area contributed by atoms with Crippen LogP contribution in [0.3, 0.4) is 0 Å². The number of nitrogens with zero attached hydrogens (tertiary/aromatic N) is 1. The molecule has 112 valence electrons. The Kier molecular flexibility index (Phi) is 4.29. The summed E-state index contributed by atoms with van der Waals surface area (Å²) in [6, 6.07) is 11.9. The average Bonchev–Trinajstić information content (AvgIpc) is 3.00. The van der Waals surface area contributed by atoms with Crippen LogP contribution in [0.1, 0.15) is 5.56 Å². The highest BCUT2D eigenvalue weighted by atomic mass is 32.2. The van der Waals surface area contributed by atoms with Gasteiger partial charge in [-0.25, -0.2) is 4.98 Å². The van der Waals surface area contributed by atoms with Gasteiger partial charge in [-0.1, -0.05) is 12.1 Å². The topological polar surface area (TPSA) is 83.8 Å². The summed E-state index contributed by atoms with van der Waals surface area (Å²) in [6.07, 6.45) is 3.68. The molecule has 0 fully saturated rings. The van der Waals surface area contributed by atoms with Gasteiger partial charge >= 0.3 is 0 Å². The number of para-hydroxylation sites is 1. The molecular formula is C16H16N4OS. The molecule has 5 nitrogen and oxygen atoms in total. The van der Waals surface area contributed by atoms with Gasteiger partial charge in [0.1, 0.15) is 5.65 Å². The molecule has 0 aliphatic heterocycles. The number of pyridine rings is 1. The third-order valence-electron chi connectivity index (χ3n) is 3.28. The number of carbonyl (C=O) groups excluding carboxylic acids is 1. The minimum absolute atomic E-state index is 0.274. The zero-order chi connectivity index (χ0) is 15.4. The van der Waals surface area contributed by atoms with E-state index in [-0.39, 0.29) is 11.7 Å². The van der Waals surface area contributed by atoms with Gasteiger partial charge in [0.25, 0.3) is 0 Å². The van der Waals surface area contributed by atoms with Crippen LogP contribution in [0.2, 0.25) is 0 Å². The Morgan fingerprint density at radius 2 is 2.14 bits per heavy atom. The summed E-state index contributed by atoms with van der Waals surface area (Å²) in [7, 11) is 0. The van der Waals surface area contributed by atoms with E-state index in [2.05, 4.69) is 15.3 Å². The monoisotopic (exact) mass is 312 g/mol. The van der Waals surface area contributed by atoms with E-state index in [0.717, 1.165) is 21.6 Å². The van der Waals surface area contributed by atoms with Crippen molar-refractivity contribution in [3.63, 3.8) is 0 Å². The van der Waals surface area contributed by atoms with E-state index in [0.29, 0.717) is 6.54 Å². The van der Waals surface area contributed by atoms with E-state index in [1.807, 2.05) is 42.6 Å². The summed E-state index contributed by atoms with van der Waals surface area (Å²) < 4.78 is 0. The number of primary amides is 1. The summed E-state index contributed by atoms with van der Waals surface area (Å²) in [5.74, 6) is -0.0429. The van der Waals surface area contributed by atoms with E-state index < -0.39 is 0 Å². The third kappa shape index (κ3) is 3.23. The van der Waals surface area contributed by atoms with Gasteiger partial charge in [-0.15, -0.1) is 11.8 Å². The smallest absolute Gasteiger partial charge is 0.227 e. The minimum Gasteiger partial charge on any atom is -0.380 e. The molecule has 2 aromatic heterocycles. The van der Waals surface area contributed by atoms with Gasteiger partial charge in [0.15, 0.2) is 0 Å². The fourth-order valence-electron chi connectivity index (χ4n) is 2.25. The summed E-state index contributed by atoms with van der Waals surface area (Å²) in [5.41, 5.74) is 8.26. The molecular weight excluding hydrogens is 296 g/mol. The van der Waals surface area contributed by atoms with Gasteiger partial charge in [0, 0.05) is 34.9 Å². The Morgan fingerprint density at radius 1 is 1.27 bits per heavy atom. The second kappa shape index (κ2) is 6.53. The van der Waals surface area contributed by atoms with E-state index in [4.69, 9.17) is 5.73 Å². The predicted octanol–water partition coefficient (Wildman–Crippen LogP) is 2.75. The second-order valence-corrected chi connectivity index (χ2v) is 5.83. The normalized spacial score (nSPS) is 10.7. The fourth-order valence-corrected chi connectivity index (χ4v) is 3.02. The Labute approximate surface area is 132 Å². The number of anilines is 1. The summed E-state index contributed by atoms with van der Waals surface area (Å²) in [6.45, 7) is 0.686. The van der Waals surface area contributed by atoms with Gasteiger partial charge < -0.3 is 16.0 Å². The Bertz CT molecular complexity index is 799. The molecule has 4 N–H and O–H groups in total. The number of carbonyl (C=O) groups is 1. The standard InChI is InChI=1S/C16H16N4OS/c17-15(21)10-22-14-4-2-1-3-13(14)20-9-11-5-7-18-16-12(11)6-8-19-16/h1-8,20H,9-10H2,(H2,17,21)(H,18,19). The number of aromatic amines is 1. The summed E-state index contributed by atoms with van der Waals surface area (Å²) in [4.78, 5) is 19.4. The number of thioether (sulfide) groups is 1. The Hall–Kier alpha value is -2.47. The molecule has 1 aromatic carbocycles. The first-order chi connectivity index (χ1) is 10.7. The third-order valence-corrected chi connectivity index (χ3v) is 4.37. The lowest BCUT2D eigenvalue weighted by Gasteiger charge is -2.11. The molecule has 0 spiro atoms. The lowest BCUT2D eigenvalue weighted by Crippen LogP contribution is -2.13. The van der Waals surface area contributed by atoms with Crippen LogP contribution in [0, 0.1) is 0 Å². The van der Waals surface area contributed by atoms with Crippen LogP contribution in [0.5, 0.6) is 0 Å². The summed E-state index contributed by atoms with van der Waals surface area (Å²) in [5, 5.41) is 4.53. The van der Waals surface area contributed by atoms with Gasteiger partial charge in [0.2, 0.25) is 5.91 Å². The van der Waals surface area contributed by atoms with Crippen molar-refractivity contribution in [2.75, 3.05) is 11.1 Å². The lowest BCUT2D eigenvalue weighted by molar-refractivity contribution is -0.115. The van der Waals surface area contributed by atoms with Crippen molar-refractivity contribution in [2.45, 2.75) is 11.4 Å². The van der Waals surface area contributed by atoms with Crippen LogP contribution < -0.4 is 11.1 Å². The molecule has 0 radical (unpaired) electrons. The number of hydrogen-bond acceptors (Lipinski definition) is 4. The highest BCUT2D eigenvalue weighted by Crippen LogP contribution is 2.27. The minimum atomic E-state index is -0.317. The van der Waals surface area contributed by atoms with Crippen molar-refractivity contribution in [2.24, 2.45) is 5.73 Å². The number of fused-ring (bicyclic) bond motifs is 1. The van der Waals surface area contributed by atoms with E-state index in [9.17, 15) is 4.79 Å². The maximum atomic E-state index is 11.0. The molecule has 2 heterocycles. The summed E-state index contributed by atoms with van der Waals surface area (Å²) >= 11 is 1.44. The first-order valence-corrected chi connectivity index (χ1v) is 7.87. The first-order valence-electron chi connectivity index (χ1n) is 6.89. The van der Waals surface area contributed by atoms with Gasteiger partial charge in [-0.05, 0) is 29.8 Å². The SMILES string of the molecule is NC(=O)CSc1ccccc1NCc1ccnc2[nH]ccc12. The molecule has 3 aromatic rings. The lowest BCUT2D eigenvalue weighted by atomic mass is 10.2. The molecule has 0 bridgehead atoms. The van der Waals surface area contributed by atoms with Crippen molar-refractivity contribution in [3.8, 4) is 0 Å². The molecule has 0 saturated heterocycles. The number of hydrogen-bond donors (Lipinski definition) is 3. The first kappa shape index (κ1) is 14.5. The van der Waals surface area contributed by atoms with Crippen molar-refractivity contribution in [1.29, 1.82) is 0 Å². The molecule has 0 atom stereocenters. The fraction of sp³-hybridized carbons (Fsp3) is 0.125. The van der Waals surface area contributed by atoms with Crippen molar-refractivity contribution in [1.82, 2.24) is 9.97 Å². The molecule has 6 heteroatoms. The average molecular weight is 312 g/mol. The maximum absolute atomic E-state index is 11.0. The number of aromatic nitrogens is 2. The largest absolute Gasteiger partial charge is 0.380 e. The van der Waals surface area contributed by atoms with E-state index in [1.54, 1.807) is 6.20 Å². The molecule has 0 aliphatic carbocycles. The van der Waals surface area contributed by atoms with Crippen LogP contribution in [0.4, 0.5) is 5.69 Å². The second-order valence-electron chi connectivity index (χ2n) is 4.81. The Morgan fingerprint density at radius 3 is 3.00 bits per heavy atom. The van der Waals surface area contributed by atoms with Gasteiger partial charge in [-0.3, -0.25) is 4.79 Å². The van der Waals surface area contributed by atoms with Crippen LogP contribution >= 0.6 is 11.8 Å². The maximum Gasteiger partial charge on any atom is 0.227 e. The Balaban J connectivity index is 1.76. The number of amides is 1. The number of nitrogens with two attached hydrogens (primary N) is 1. The van der Waals surface area contributed by atoms with Crippen LogP contribution in [-0.4, -0.2) is 21.6 Å². The highest BCUT2D eigenvalue weighted by Gasteiger charge is 2.06. The van der Waals surface area contributed by atoms with Gasteiger partial charge in [-0.2, -0.15) is 0 Å². The molecule has 0 aliphatic rings. The molecule has 22 heavy (non-hydrogen) atoms. The van der Waals surface area contributed by atoms with Crippen molar-refractivity contribution >= 4 is 34.4 Å². The number of benzene rings is 1. The van der Waals surface area contributed by atoms with Crippen LogP contribution in [0.25, 0.3) is 11.0 Å². The number of H-pyrrole nitrogens is 1. The van der Waals surface area contributed by atoms with Crippen LogP contribution in [-0.2, 0) is 11.3 Å². The zero-order valence-electron chi connectivity index (χ0n) is 11.9. The molecule has 1 amide bonds. The highest BCUT2D eigenvalue weighted by molar-refractivity contribution is 8.00. The van der Waals surface area contributed by atoms with E-state index in [1.165, 1.54) is 17.3 Å². The van der Waals surface area contributed by atoms with Gasteiger partial charge in [0.05, 0.1) is 5.75 Å². The molecule has 0 saturated carbocycles. The predicted molar refractivity (Wildman–Crippen MR) is 89.8 cm³/mol. The van der Waals surface area contributed by atoms with Crippen LogP contribution in [0.15, 0.2) is 53.7 Å².